The third-order valence-electron chi connectivity index (χ3n) is 1.12. The van der Waals surface area contributed by atoms with Crippen LogP contribution in [0.2, 0.25) is 0 Å². The minimum absolute atomic E-state index is 0.217. The molecule has 10 heavy (non-hydrogen) atoms. The van der Waals surface area contributed by atoms with E-state index in [4.69, 9.17) is 4.74 Å². The average molecular weight is 148 g/mol. The van der Waals surface area contributed by atoms with Crippen molar-refractivity contribution in [3.8, 4) is 0 Å². The van der Waals surface area contributed by atoms with Gasteiger partial charge in [-0.05, 0) is 18.8 Å². The third kappa shape index (κ3) is 7.89. The Kier molecular flexibility index (Phi) is 6.93. The van der Waals surface area contributed by atoms with Crippen molar-refractivity contribution in [2.45, 2.75) is 26.7 Å². The fourth-order valence-electron chi connectivity index (χ4n) is 0.618. The minimum atomic E-state index is -0.217. The summed E-state index contributed by atoms with van der Waals surface area (Å²) < 4.78 is 16.8. The van der Waals surface area contributed by atoms with Crippen molar-refractivity contribution in [3.63, 3.8) is 0 Å². The van der Waals surface area contributed by atoms with Crippen LogP contribution >= 0.6 is 0 Å². The Balaban J connectivity index is 2.77. The highest BCUT2D eigenvalue weighted by atomic mass is 19.1. The van der Waals surface area contributed by atoms with Gasteiger partial charge in [-0.1, -0.05) is 13.8 Å². The van der Waals surface area contributed by atoms with Gasteiger partial charge in [-0.2, -0.15) is 0 Å². The topological polar surface area (TPSA) is 9.23 Å². The number of hydrogen-bond donors (Lipinski definition) is 0. The standard InChI is InChI=1S/C8H17FO/c1-8(2)7-10-6-4-3-5-9/h8H,3-7H2,1-2H3. The maximum absolute atomic E-state index is 11.5. The maximum Gasteiger partial charge on any atom is 0.0895 e. The normalized spacial score (nSPS) is 10.8. The Morgan fingerprint density at radius 2 is 2.00 bits per heavy atom. The van der Waals surface area contributed by atoms with Crippen LogP contribution in [-0.2, 0) is 4.74 Å². The minimum Gasteiger partial charge on any atom is -0.381 e. The van der Waals surface area contributed by atoms with Crippen LogP contribution in [0.15, 0.2) is 0 Å². The molecule has 0 radical (unpaired) electrons. The van der Waals surface area contributed by atoms with Gasteiger partial charge in [0.2, 0.25) is 0 Å². The molecule has 0 unspecified atom stereocenters. The van der Waals surface area contributed by atoms with E-state index in [2.05, 4.69) is 13.8 Å². The Morgan fingerprint density at radius 1 is 1.30 bits per heavy atom. The lowest BCUT2D eigenvalue weighted by Crippen LogP contribution is -2.03. The van der Waals surface area contributed by atoms with E-state index in [1.165, 1.54) is 0 Å². The van der Waals surface area contributed by atoms with Crippen molar-refractivity contribution in [3.05, 3.63) is 0 Å². The van der Waals surface area contributed by atoms with Crippen LogP contribution in [0.4, 0.5) is 4.39 Å². The average Bonchev–Trinajstić information content (AvgIpc) is 1.87. The SMILES string of the molecule is CC(C)COCCCCF. The highest BCUT2D eigenvalue weighted by Gasteiger charge is 1.92. The molecule has 0 aliphatic rings. The molecule has 2 heteroatoms. The Hall–Kier alpha value is -0.110. The number of rotatable bonds is 6. The van der Waals surface area contributed by atoms with Gasteiger partial charge >= 0.3 is 0 Å². The highest BCUT2D eigenvalue weighted by Crippen LogP contribution is 1.95. The second-order valence-electron chi connectivity index (χ2n) is 2.86. The molecular weight excluding hydrogens is 131 g/mol. The monoisotopic (exact) mass is 148 g/mol. The molecule has 0 aliphatic carbocycles. The fourth-order valence-corrected chi connectivity index (χ4v) is 0.618. The molecule has 0 saturated heterocycles. The number of halogens is 1. The van der Waals surface area contributed by atoms with Gasteiger partial charge < -0.3 is 4.74 Å². The van der Waals surface area contributed by atoms with E-state index in [1.807, 2.05) is 0 Å². The zero-order valence-electron chi connectivity index (χ0n) is 6.90. The van der Waals surface area contributed by atoms with Gasteiger partial charge in [-0.3, -0.25) is 4.39 Å². The summed E-state index contributed by atoms with van der Waals surface area (Å²) in [6, 6.07) is 0. The second-order valence-corrected chi connectivity index (χ2v) is 2.86. The van der Waals surface area contributed by atoms with E-state index in [-0.39, 0.29) is 6.67 Å². The summed E-state index contributed by atoms with van der Waals surface area (Å²) >= 11 is 0. The molecule has 0 amide bonds. The quantitative estimate of drug-likeness (QED) is 0.525. The molecule has 0 spiro atoms. The Labute approximate surface area is 62.6 Å². The second kappa shape index (κ2) is 7.00. The molecule has 0 fully saturated rings. The van der Waals surface area contributed by atoms with Crippen molar-refractivity contribution >= 4 is 0 Å². The number of ether oxygens (including phenoxy) is 1. The van der Waals surface area contributed by atoms with E-state index >= 15 is 0 Å². The van der Waals surface area contributed by atoms with Gasteiger partial charge in [0.1, 0.15) is 0 Å². The maximum atomic E-state index is 11.5. The summed E-state index contributed by atoms with van der Waals surface area (Å²) in [6.07, 6.45) is 1.49. The molecule has 0 saturated carbocycles. The predicted octanol–water partition coefficient (Wildman–Crippen LogP) is 2.41. The van der Waals surface area contributed by atoms with Crippen molar-refractivity contribution in [2.24, 2.45) is 5.92 Å². The van der Waals surface area contributed by atoms with Gasteiger partial charge in [0, 0.05) is 13.2 Å². The summed E-state index contributed by atoms with van der Waals surface area (Å²) in [5.74, 6) is 0.588. The Bertz CT molecular complexity index is 64.3. The molecule has 0 rings (SSSR count). The molecule has 0 aromatic rings. The van der Waals surface area contributed by atoms with Gasteiger partial charge in [0.05, 0.1) is 6.67 Å². The summed E-state index contributed by atoms with van der Waals surface area (Å²) in [5, 5.41) is 0. The molecule has 0 aromatic heterocycles. The summed E-state index contributed by atoms with van der Waals surface area (Å²) in [4.78, 5) is 0. The van der Waals surface area contributed by atoms with E-state index in [9.17, 15) is 4.39 Å². The highest BCUT2D eigenvalue weighted by molar-refractivity contribution is 4.40. The summed E-state index contributed by atoms with van der Waals surface area (Å²) in [6.45, 7) is 5.50. The van der Waals surface area contributed by atoms with Crippen molar-refractivity contribution in [1.29, 1.82) is 0 Å². The summed E-state index contributed by atoms with van der Waals surface area (Å²) in [7, 11) is 0. The fraction of sp³-hybridized carbons (Fsp3) is 1.00. The van der Waals surface area contributed by atoms with Gasteiger partial charge in [-0.15, -0.1) is 0 Å². The third-order valence-corrected chi connectivity index (χ3v) is 1.12. The molecule has 62 valence electrons. The smallest absolute Gasteiger partial charge is 0.0895 e. The van der Waals surface area contributed by atoms with Crippen LogP contribution in [0.1, 0.15) is 26.7 Å². The van der Waals surface area contributed by atoms with Gasteiger partial charge in [0.15, 0.2) is 0 Å². The molecule has 0 heterocycles. The number of hydrogen-bond acceptors (Lipinski definition) is 1. The zero-order valence-corrected chi connectivity index (χ0v) is 6.90. The van der Waals surface area contributed by atoms with Crippen LogP contribution in [-0.4, -0.2) is 19.9 Å². The van der Waals surface area contributed by atoms with Crippen LogP contribution in [0.25, 0.3) is 0 Å². The van der Waals surface area contributed by atoms with Crippen molar-refractivity contribution in [1.82, 2.24) is 0 Å². The molecule has 0 aromatic carbocycles. The summed E-state index contributed by atoms with van der Waals surface area (Å²) in [5.41, 5.74) is 0. The molecular formula is C8H17FO. The van der Waals surface area contributed by atoms with Gasteiger partial charge in [0.25, 0.3) is 0 Å². The predicted molar refractivity (Wildman–Crippen MR) is 40.9 cm³/mol. The lowest BCUT2D eigenvalue weighted by Gasteiger charge is -2.04. The van der Waals surface area contributed by atoms with Crippen LogP contribution in [0.5, 0.6) is 0 Å². The van der Waals surface area contributed by atoms with Crippen LogP contribution < -0.4 is 0 Å². The molecule has 0 N–H and O–H groups in total. The van der Waals surface area contributed by atoms with Crippen LogP contribution in [0, 0.1) is 5.92 Å². The molecule has 1 nitrogen and oxygen atoms in total. The lowest BCUT2D eigenvalue weighted by atomic mass is 10.2. The van der Waals surface area contributed by atoms with Crippen molar-refractivity contribution < 1.29 is 9.13 Å². The van der Waals surface area contributed by atoms with Crippen LogP contribution in [0.3, 0.4) is 0 Å². The zero-order chi connectivity index (χ0) is 7.82. The van der Waals surface area contributed by atoms with E-state index in [1.54, 1.807) is 0 Å². The first-order valence-corrected chi connectivity index (χ1v) is 3.91. The number of unbranched alkanes of at least 4 members (excludes halogenated alkanes) is 1. The number of alkyl halides is 1. The molecule has 0 aliphatic heterocycles. The van der Waals surface area contributed by atoms with E-state index < -0.39 is 0 Å². The first kappa shape index (κ1) is 9.89. The van der Waals surface area contributed by atoms with E-state index in [0.717, 1.165) is 13.0 Å². The lowest BCUT2D eigenvalue weighted by molar-refractivity contribution is 0.105. The van der Waals surface area contributed by atoms with Gasteiger partial charge in [-0.25, -0.2) is 0 Å². The van der Waals surface area contributed by atoms with Crippen molar-refractivity contribution in [2.75, 3.05) is 19.9 Å². The first-order chi connectivity index (χ1) is 4.77. The largest absolute Gasteiger partial charge is 0.381 e. The molecule has 0 bridgehead atoms. The van der Waals surface area contributed by atoms with E-state index in [0.29, 0.717) is 18.9 Å². The Morgan fingerprint density at radius 3 is 2.50 bits per heavy atom. The first-order valence-electron chi connectivity index (χ1n) is 3.91. The molecule has 0 atom stereocenters.